The highest BCUT2D eigenvalue weighted by Crippen LogP contribution is 2.31. The molecule has 0 saturated carbocycles. The molecule has 4 rings (SSSR count). The molecule has 1 amide bonds. The van der Waals surface area contributed by atoms with E-state index in [1.807, 2.05) is 6.07 Å². The number of methoxy groups -OCH3 is 2. The topological polar surface area (TPSA) is 116 Å². The van der Waals surface area contributed by atoms with Gasteiger partial charge in [0.05, 0.1) is 38.0 Å². The zero-order chi connectivity index (χ0) is 26.4. The van der Waals surface area contributed by atoms with Gasteiger partial charge in [-0.1, -0.05) is 16.8 Å². The molecule has 37 heavy (non-hydrogen) atoms. The van der Waals surface area contributed by atoms with Crippen LogP contribution >= 0.6 is 11.6 Å². The lowest BCUT2D eigenvalue weighted by atomic mass is 9.96. The molecular formula is C26H29ClN4O6. The Labute approximate surface area is 219 Å². The SMILES string of the molecule is CCOC(=O)c1ccc(NC(=O)C2CCN(Cc3nc(-c4ccc(OC)c(OC)c4)no3)CC2)cc1Cl. The molecule has 1 N–H and O–H groups in total. The minimum Gasteiger partial charge on any atom is -0.493 e. The fourth-order valence-electron chi connectivity index (χ4n) is 4.17. The molecule has 0 spiro atoms. The number of halogens is 1. The summed E-state index contributed by atoms with van der Waals surface area (Å²) in [7, 11) is 3.15. The van der Waals surface area contributed by atoms with Gasteiger partial charge in [0.25, 0.3) is 0 Å². The van der Waals surface area contributed by atoms with Crippen LogP contribution in [0.15, 0.2) is 40.9 Å². The van der Waals surface area contributed by atoms with Crippen LogP contribution in [0.2, 0.25) is 5.02 Å². The third-order valence-corrected chi connectivity index (χ3v) is 6.47. The van der Waals surface area contributed by atoms with Crippen molar-refractivity contribution >= 4 is 29.2 Å². The monoisotopic (exact) mass is 528 g/mol. The summed E-state index contributed by atoms with van der Waals surface area (Å²) in [6.07, 6.45) is 1.38. The number of ether oxygens (including phenoxy) is 3. The maximum absolute atomic E-state index is 12.8. The number of hydrogen-bond acceptors (Lipinski definition) is 9. The quantitative estimate of drug-likeness (QED) is 0.402. The van der Waals surface area contributed by atoms with Crippen molar-refractivity contribution in [3.8, 4) is 22.9 Å². The number of carbonyl (C=O) groups excluding carboxylic acids is 2. The average Bonchev–Trinajstić information content (AvgIpc) is 3.37. The normalized spacial score (nSPS) is 14.3. The summed E-state index contributed by atoms with van der Waals surface area (Å²) in [6, 6.07) is 10.2. The van der Waals surface area contributed by atoms with Gasteiger partial charge < -0.3 is 24.1 Å². The van der Waals surface area contributed by atoms with E-state index in [1.54, 1.807) is 51.5 Å². The van der Waals surface area contributed by atoms with Crippen LogP contribution in [-0.4, -0.2) is 60.8 Å². The Morgan fingerprint density at radius 3 is 2.54 bits per heavy atom. The summed E-state index contributed by atoms with van der Waals surface area (Å²) in [5.74, 6) is 1.48. The lowest BCUT2D eigenvalue weighted by molar-refractivity contribution is -0.121. The van der Waals surface area contributed by atoms with Crippen LogP contribution in [0.5, 0.6) is 11.5 Å². The Bertz CT molecular complexity index is 1260. The molecule has 3 aromatic rings. The largest absolute Gasteiger partial charge is 0.493 e. The average molecular weight is 529 g/mol. The zero-order valence-electron chi connectivity index (χ0n) is 21.0. The van der Waals surface area contributed by atoms with Gasteiger partial charge in [-0.2, -0.15) is 4.98 Å². The van der Waals surface area contributed by atoms with Gasteiger partial charge in [0.2, 0.25) is 17.6 Å². The molecule has 196 valence electrons. The molecule has 0 unspecified atom stereocenters. The van der Waals surface area contributed by atoms with Crippen molar-refractivity contribution < 1.29 is 28.3 Å². The standard InChI is InChI=1S/C26H29ClN4O6/c1-4-36-26(33)19-7-6-18(14-20(19)27)28-25(32)16-9-11-31(12-10-16)15-23-29-24(30-37-23)17-5-8-21(34-2)22(13-17)35-3/h5-8,13-14,16H,4,9-12,15H2,1-3H3,(H,28,32). The van der Waals surface area contributed by atoms with Crippen molar-refractivity contribution in [2.75, 3.05) is 39.2 Å². The van der Waals surface area contributed by atoms with Crippen molar-refractivity contribution in [1.82, 2.24) is 15.0 Å². The Kier molecular flexibility index (Phi) is 8.62. The summed E-state index contributed by atoms with van der Waals surface area (Å²) >= 11 is 6.20. The van der Waals surface area contributed by atoms with Crippen LogP contribution in [0.3, 0.4) is 0 Å². The Morgan fingerprint density at radius 2 is 1.86 bits per heavy atom. The number of anilines is 1. The van der Waals surface area contributed by atoms with E-state index in [2.05, 4.69) is 20.4 Å². The smallest absolute Gasteiger partial charge is 0.339 e. The molecule has 1 fully saturated rings. The molecule has 2 aromatic carbocycles. The van der Waals surface area contributed by atoms with Crippen molar-refractivity contribution in [2.24, 2.45) is 5.92 Å². The van der Waals surface area contributed by atoms with Gasteiger partial charge in [0.15, 0.2) is 11.5 Å². The van der Waals surface area contributed by atoms with E-state index < -0.39 is 5.97 Å². The molecule has 0 atom stereocenters. The number of amides is 1. The third kappa shape index (κ3) is 6.39. The zero-order valence-corrected chi connectivity index (χ0v) is 21.7. The van der Waals surface area contributed by atoms with E-state index in [0.29, 0.717) is 61.4 Å². The Hall–Kier alpha value is -3.63. The van der Waals surface area contributed by atoms with E-state index >= 15 is 0 Å². The van der Waals surface area contributed by atoms with Gasteiger partial charge >= 0.3 is 5.97 Å². The maximum atomic E-state index is 12.8. The lowest BCUT2D eigenvalue weighted by Crippen LogP contribution is -2.37. The summed E-state index contributed by atoms with van der Waals surface area (Å²) in [6.45, 7) is 3.92. The van der Waals surface area contributed by atoms with E-state index in [4.69, 9.17) is 30.3 Å². The molecule has 0 aliphatic carbocycles. The highest BCUT2D eigenvalue weighted by atomic mass is 35.5. The first kappa shape index (κ1) is 26.4. The van der Waals surface area contributed by atoms with Gasteiger partial charge in [-0.25, -0.2) is 4.79 Å². The van der Waals surface area contributed by atoms with Crippen LogP contribution in [0.1, 0.15) is 36.0 Å². The lowest BCUT2D eigenvalue weighted by Gasteiger charge is -2.30. The van der Waals surface area contributed by atoms with E-state index in [-0.39, 0.29) is 29.0 Å². The predicted octanol–water partition coefficient (Wildman–Crippen LogP) is 4.43. The number of aromatic nitrogens is 2. The first-order valence-corrected chi connectivity index (χ1v) is 12.3. The number of hydrogen-bond donors (Lipinski definition) is 1. The fourth-order valence-corrected chi connectivity index (χ4v) is 4.43. The van der Waals surface area contributed by atoms with Crippen LogP contribution in [0.25, 0.3) is 11.4 Å². The van der Waals surface area contributed by atoms with E-state index in [1.165, 1.54) is 0 Å². The van der Waals surface area contributed by atoms with Crippen LogP contribution in [-0.2, 0) is 16.1 Å². The number of piperidine rings is 1. The number of rotatable bonds is 9. The molecule has 1 aliphatic rings. The maximum Gasteiger partial charge on any atom is 0.339 e. The van der Waals surface area contributed by atoms with Crippen molar-refractivity contribution in [1.29, 1.82) is 0 Å². The van der Waals surface area contributed by atoms with E-state index in [0.717, 1.165) is 5.56 Å². The molecule has 1 aliphatic heterocycles. The summed E-state index contributed by atoms with van der Waals surface area (Å²) in [5.41, 5.74) is 1.57. The molecule has 10 nitrogen and oxygen atoms in total. The number of carbonyl (C=O) groups is 2. The number of benzene rings is 2. The first-order chi connectivity index (χ1) is 17.9. The Morgan fingerprint density at radius 1 is 1.11 bits per heavy atom. The Balaban J connectivity index is 1.29. The van der Waals surface area contributed by atoms with Gasteiger partial charge in [-0.3, -0.25) is 9.69 Å². The second-order valence-electron chi connectivity index (χ2n) is 8.54. The molecular weight excluding hydrogens is 500 g/mol. The summed E-state index contributed by atoms with van der Waals surface area (Å²) in [4.78, 5) is 31.4. The van der Waals surface area contributed by atoms with Crippen molar-refractivity contribution in [3.05, 3.63) is 52.9 Å². The minimum absolute atomic E-state index is 0.0758. The predicted molar refractivity (Wildman–Crippen MR) is 137 cm³/mol. The van der Waals surface area contributed by atoms with Crippen molar-refractivity contribution in [3.63, 3.8) is 0 Å². The minimum atomic E-state index is -0.491. The third-order valence-electron chi connectivity index (χ3n) is 6.16. The van der Waals surface area contributed by atoms with Gasteiger partial charge in [-0.15, -0.1) is 0 Å². The number of nitrogens with one attached hydrogen (secondary N) is 1. The van der Waals surface area contributed by atoms with E-state index in [9.17, 15) is 9.59 Å². The first-order valence-electron chi connectivity index (χ1n) is 12.0. The molecule has 1 saturated heterocycles. The van der Waals surface area contributed by atoms with Gasteiger partial charge in [-0.05, 0) is 69.3 Å². The molecule has 11 heteroatoms. The highest BCUT2D eigenvalue weighted by Gasteiger charge is 2.26. The summed E-state index contributed by atoms with van der Waals surface area (Å²) in [5, 5.41) is 7.23. The fraction of sp³-hybridized carbons (Fsp3) is 0.385. The highest BCUT2D eigenvalue weighted by molar-refractivity contribution is 6.34. The van der Waals surface area contributed by atoms with Gasteiger partial charge in [0.1, 0.15) is 0 Å². The summed E-state index contributed by atoms with van der Waals surface area (Å²) < 4.78 is 21.1. The number of esters is 1. The molecule has 2 heterocycles. The van der Waals surface area contributed by atoms with Gasteiger partial charge in [0, 0.05) is 17.2 Å². The molecule has 1 aromatic heterocycles. The number of likely N-dealkylation sites (tertiary alicyclic amines) is 1. The van der Waals surface area contributed by atoms with Crippen LogP contribution in [0.4, 0.5) is 5.69 Å². The second-order valence-corrected chi connectivity index (χ2v) is 8.94. The van der Waals surface area contributed by atoms with Crippen molar-refractivity contribution in [2.45, 2.75) is 26.3 Å². The van der Waals surface area contributed by atoms with Crippen LogP contribution in [0, 0.1) is 5.92 Å². The number of nitrogens with zero attached hydrogens (tertiary/aromatic N) is 3. The molecule has 0 bridgehead atoms. The van der Waals surface area contributed by atoms with Crippen LogP contribution < -0.4 is 14.8 Å². The molecule has 0 radical (unpaired) electrons. The second kappa shape index (κ2) is 12.1.